The van der Waals surface area contributed by atoms with Gasteiger partial charge in [0.15, 0.2) is 0 Å². The fraction of sp³-hybridized carbons (Fsp3) is 0.789. The average molecular weight is 394 g/mol. The van der Waals surface area contributed by atoms with Gasteiger partial charge in [0.2, 0.25) is 10.0 Å². The van der Waals surface area contributed by atoms with Crippen molar-refractivity contribution in [3.63, 3.8) is 0 Å². The Hall–Kier alpha value is -1.25. The van der Waals surface area contributed by atoms with Crippen LogP contribution in [0.25, 0.3) is 0 Å². The first-order valence-corrected chi connectivity index (χ1v) is 11.7. The Kier molecular flexibility index (Phi) is 5.40. The Morgan fingerprint density at radius 1 is 1.07 bits per heavy atom. The van der Waals surface area contributed by atoms with Crippen LogP contribution in [0, 0.1) is 0 Å². The van der Waals surface area contributed by atoms with Gasteiger partial charge in [0, 0.05) is 51.1 Å². The molecule has 2 aliphatic heterocycles. The Balaban J connectivity index is 1.58. The highest BCUT2D eigenvalue weighted by Crippen LogP contribution is 2.33. The van der Waals surface area contributed by atoms with Crippen LogP contribution in [0.2, 0.25) is 0 Å². The zero-order valence-electron chi connectivity index (χ0n) is 16.4. The summed E-state index contributed by atoms with van der Waals surface area (Å²) < 4.78 is 27.8. The molecule has 1 aliphatic carbocycles. The van der Waals surface area contributed by atoms with E-state index in [1.165, 1.54) is 5.56 Å². The van der Waals surface area contributed by atoms with E-state index in [4.69, 9.17) is 9.97 Å². The van der Waals surface area contributed by atoms with Crippen LogP contribution in [0.3, 0.4) is 0 Å². The van der Waals surface area contributed by atoms with Gasteiger partial charge < -0.3 is 10.2 Å². The largest absolute Gasteiger partial charge is 0.373 e. The molecule has 1 saturated carbocycles. The normalized spacial score (nSPS) is 25.5. The summed E-state index contributed by atoms with van der Waals surface area (Å²) in [6, 6.07) is 0. The zero-order chi connectivity index (χ0) is 19.0. The van der Waals surface area contributed by atoms with Crippen LogP contribution in [-0.4, -0.2) is 66.6 Å². The number of piperidine rings is 1. The van der Waals surface area contributed by atoms with Crippen LogP contribution in [0.1, 0.15) is 61.5 Å². The third-order valence-electron chi connectivity index (χ3n) is 6.34. The van der Waals surface area contributed by atoms with Crippen molar-refractivity contribution in [2.75, 3.05) is 39.0 Å². The van der Waals surface area contributed by atoms with Gasteiger partial charge in [-0.15, -0.1) is 0 Å². The monoisotopic (exact) mass is 393 g/mol. The van der Waals surface area contributed by atoms with Crippen molar-refractivity contribution in [2.24, 2.45) is 0 Å². The van der Waals surface area contributed by atoms with Crippen LogP contribution < -0.4 is 5.32 Å². The first-order valence-electron chi connectivity index (χ1n) is 10.2. The quantitative estimate of drug-likeness (QED) is 0.842. The van der Waals surface area contributed by atoms with Crippen molar-refractivity contribution in [1.29, 1.82) is 0 Å². The molecule has 3 aliphatic rings. The number of fused-ring (bicyclic) bond motifs is 1. The van der Waals surface area contributed by atoms with Gasteiger partial charge in [0.1, 0.15) is 11.6 Å². The van der Waals surface area contributed by atoms with Gasteiger partial charge in [-0.3, -0.25) is 0 Å². The lowest BCUT2D eigenvalue weighted by Crippen LogP contribution is -2.43. The van der Waals surface area contributed by atoms with E-state index >= 15 is 0 Å². The molecule has 150 valence electrons. The van der Waals surface area contributed by atoms with E-state index in [9.17, 15) is 8.42 Å². The second-order valence-electron chi connectivity index (χ2n) is 8.24. The second-order valence-corrected chi connectivity index (χ2v) is 10.5. The molecule has 0 aromatic carbocycles. The fourth-order valence-corrected chi connectivity index (χ4v) is 6.86. The van der Waals surface area contributed by atoms with Crippen LogP contribution in [-0.2, 0) is 23.0 Å². The van der Waals surface area contributed by atoms with E-state index in [0.717, 1.165) is 75.4 Å². The maximum atomic E-state index is 13.0. The molecule has 1 aromatic rings. The highest BCUT2D eigenvalue weighted by atomic mass is 32.2. The number of nitrogens with one attached hydrogen (secondary N) is 1. The first-order chi connectivity index (χ1) is 13.0. The molecule has 2 fully saturated rings. The number of nitrogens with zero attached hydrogens (tertiary/aromatic N) is 4. The predicted molar refractivity (Wildman–Crippen MR) is 106 cm³/mol. The number of hydrogen-bond donors (Lipinski definition) is 1. The molecule has 1 unspecified atom stereocenters. The molecule has 7 nitrogen and oxygen atoms in total. The third-order valence-corrected chi connectivity index (χ3v) is 8.70. The molecule has 1 N–H and O–H groups in total. The summed E-state index contributed by atoms with van der Waals surface area (Å²) >= 11 is 0. The van der Waals surface area contributed by atoms with Gasteiger partial charge in [0.25, 0.3) is 0 Å². The Morgan fingerprint density at radius 2 is 1.85 bits per heavy atom. The molecule has 1 saturated heterocycles. The van der Waals surface area contributed by atoms with Crippen molar-refractivity contribution in [2.45, 2.75) is 62.7 Å². The van der Waals surface area contributed by atoms with Crippen LogP contribution >= 0.6 is 0 Å². The molecule has 8 heteroatoms. The van der Waals surface area contributed by atoms with Crippen LogP contribution in [0.15, 0.2) is 0 Å². The molecular weight excluding hydrogens is 362 g/mol. The first kappa shape index (κ1) is 19.1. The van der Waals surface area contributed by atoms with Crippen molar-refractivity contribution < 1.29 is 8.42 Å². The van der Waals surface area contributed by atoms with Gasteiger partial charge in [-0.2, -0.15) is 0 Å². The van der Waals surface area contributed by atoms with Crippen LogP contribution in [0.4, 0.5) is 5.82 Å². The van der Waals surface area contributed by atoms with E-state index in [1.54, 1.807) is 4.31 Å². The number of anilines is 1. The lowest BCUT2D eigenvalue weighted by molar-refractivity contribution is 0.298. The molecule has 0 radical (unpaired) electrons. The molecule has 0 amide bonds. The fourth-order valence-electron chi connectivity index (χ4n) is 4.74. The predicted octanol–water partition coefficient (Wildman–Crippen LogP) is 1.96. The van der Waals surface area contributed by atoms with E-state index in [0.29, 0.717) is 13.1 Å². The van der Waals surface area contributed by atoms with E-state index in [2.05, 4.69) is 17.3 Å². The van der Waals surface area contributed by atoms with Gasteiger partial charge >= 0.3 is 0 Å². The SMILES string of the molecule is CNc1nc(C2CCCN(S(=O)(=O)C3CCCC3)C2)nc2c1CN(C)CC2. The average Bonchev–Trinajstić information content (AvgIpc) is 3.23. The van der Waals surface area contributed by atoms with Gasteiger partial charge in [-0.05, 0) is 32.7 Å². The van der Waals surface area contributed by atoms with E-state index in [1.807, 2.05) is 7.05 Å². The highest BCUT2D eigenvalue weighted by Gasteiger charge is 2.38. The highest BCUT2D eigenvalue weighted by molar-refractivity contribution is 7.89. The van der Waals surface area contributed by atoms with Crippen LogP contribution in [0.5, 0.6) is 0 Å². The van der Waals surface area contributed by atoms with Gasteiger partial charge in [0.05, 0.1) is 10.9 Å². The molecule has 3 heterocycles. The summed E-state index contributed by atoms with van der Waals surface area (Å²) in [5.41, 5.74) is 2.31. The zero-order valence-corrected chi connectivity index (χ0v) is 17.3. The minimum absolute atomic E-state index is 0.0898. The smallest absolute Gasteiger partial charge is 0.217 e. The molecule has 0 spiro atoms. The second kappa shape index (κ2) is 7.64. The molecule has 4 rings (SSSR count). The summed E-state index contributed by atoms with van der Waals surface area (Å²) in [4.78, 5) is 12.0. The number of likely N-dealkylation sites (N-methyl/N-ethyl adjacent to an activating group) is 1. The summed E-state index contributed by atoms with van der Waals surface area (Å²) in [6.45, 7) is 3.03. The van der Waals surface area contributed by atoms with Crippen molar-refractivity contribution in [3.05, 3.63) is 17.1 Å². The lowest BCUT2D eigenvalue weighted by atomic mass is 9.97. The number of hydrogen-bond acceptors (Lipinski definition) is 6. The van der Waals surface area contributed by atoms with E-state index < -0.39 is 10.0 Å². The van der Waals surface area contributed by atoms with Crippen molar-refractivity contribution in [1.82, 2.24) is 19.2 Å². The molecule has 1 atom stereocenters. The molecule has 0 bridgehead atoms. The minimum atomic E-state index is -3.19. The number of sulfonamides is 1. The lowest BCUT2D eigenvalue weighted by Gasteiger charge is -2.34. The summed E-state index contributed by atoms with van der Waals surface area (Å²) in [5.74, 6) is 1.80. The third kappa shape index (κ3) is 3.71. The molecule has 27 heavy (non-hydrogen) atoms. The summed E-state index contributed by atoms with van der Waals surface area (Å²) in [5, 5.41) is 3.05. The van der Waals surface area contributed by atoms with Gasteiger partial charge in [-0.25, -0.2) is 22.7 Å². The minimum Gasteiger partial charge on any atom is -0.373 e. The van der Waals surface area contributed by atoms with E-state index in [-0.39, 0.29) is 11.2 Å². The summed E-state index contributed by atoms with van der Waals surface area (Å²) in [6.07, 6.45) is 6.47. The molecule has 1 aromatic heterocycles. The van der Waals surface area contributed by atoms with Crippen molar-refractivity contribution in [3.8, 4) is 0 Å². The maximum Gasteiger partial charge on any atom is 0.217 e. The molecular formula is C19H31N5O2S. The maximum absolute atomic E-state index is 13.0. The number of rotatable bonds is 4. The summed E-state index contributed by atoms with van der Waals surface area (Å²) in [7, 11) is 0.828. The van der Waals surface area contributed by atoms with Gasteiger partial charge in [-0.1, -0.05) is 12.8 Å². The topological polar surface area (TPSA) is 78.4 Å². The number of aromatic nitrogens is 2. The Labute approximate surface area is 162 Å². The Bertz CT molecular complexity index is 774. The standard InChI is InChI=1S/C19H31N5O2S/c1-20-19-16-13-23(2)11-9-17(16)21-18(22-19)14-6-5-10-24(12-14)27(25,26)15-7-3-4-8-15/h14-15H,3-13H2,1-2H3,(H,20,21,22). The van der Waals surface area contributed by atoms with Crippen molar-refractivity contribution >= 4 is 15.8 Å². The Morgan fingerprint density at radius 3 is 2.59 bits per heavy atom.